The van der Waals surface area contributed by atoms with Crippen LogP contribution in [0.25, 0.3) is 0 Å². The highest BCUT2D eigenvalue weighted by Crippen LogP contribution is 2.26. The van der Waals surface area contributed by atoms with Gasteiger partial charge in [-0.25, -0.2) is 9.97 Å². The van der Waals surface area contributed by atoms with E-state index in [0.29, 0.717) is 23.3 Å². The fourth-order valence-electron chi connectivity index (χ4n) is 2.79. The molecule has 126 valence electrons. The summed E-state index contributed by atoms with van der Waals surface area (Å²) in [6.45, 7) is 2.34. The van der Waals surface area contributed by atoms with Gasteiger partial charge in [-0.05, 0) is 25.0 Å². The standard InChI is InChI=1S/C17H19ClN4O2/c18-13-5-1-2-6-15(13)24-11-12-4-3-7-22(10-12)16-9-20-14(8-21-16)17(19)23/h1-2,5-6,8-9,12H,3-4,7,10-11H2,(H2,19,23)/t12-/m1/s1. The fourth-order valence-corrected chi connectivity index (χ4v) is 2.98. The number of carbonyl (C=O) groups is 1. The molecule has 1 aromatic carbocycles. The van der Waals surface area contributed by atoms with Gasteiger partial charge < -0.3 is 15.4 Å². The molecule has 1 aliphatic heterocycles. The predicted molar refractivity (Wildman–Crippen MR) is 92.4 cm³/mol. The first-order valence-electron chi connectivity index (χ1n) is 7.87. The minimum Gasteiger partial charge on any atom is -0.492 e. The summed E-state index contributed by atoms with van der Waals surface area (Å²) in [7, 11) is 0. The Hall–Kier alpha value is -2.34. The zero-order valence-electron chi connectivity index (χ0n) is 13.2. The van der Waals surface area contributed by atoms with E-state index in [-0.39, 0.29) is 5.69 Å². The molecule has 1 aliphatic rings. The van der Waals surface area contributed by atoms with Crippen molar-refractivity contribution in [2.75, 3.05) is 24.6 Å². The Kier molecular flexibility index (Phi) is 5.15. The Balaban J connectivity index is 1.60. The number of ether oxygens (including phenoxy) is 1. The number of nitrogens with zero attached hydrogens (tertiary/aromatic N) is 3. The van der Waals surface area contributed by atoms with Gasteiger partial charge in [0.2, 0.25) is 0 Å². The van der Waals surface area contributed by atoms with Crippen molar-refractivity contribution in [1.29, 1.82) is 0 Å². The van der Waals surface area contributed by atoms with Crippen LogP contribution in [-0.4, -0.2) is 35.6 Å². The number of primary amides is 1. The quantitative estimate of drug-likeness (QED) is 0.899. The summed E-state index contributed by atoms with van der Waals surface area (Å²) < 4.78 is 5.86. The van der Waals surface area contributed by atoms with E-state index >= 15 is 0 Å². The number of hydrogen-bond donors (Lipinski definition) is 1. The normalized spacial score (nSPS) is 17.5. The molecule has 0 radical (unpaired) electrons. The average molecular weight is 347 g/mol. The topological polar surface area (TPSA) is 81.3 Å². The maximum Gasteiger partial charge on any atom is 0.268 e. The summed E-state index contributed by atoms with van der Waals surface area (Å²) in [6, 6.07) is 7.48. The molecular formula is C17H19ClN4O2. The van der Waals surface area contributed by atoms with Crippen molar-refractivity contribution in [3.63, 3.8) is 0 Å². The lowest BCUT2D eigenvalue weighted by Crippen LogP contribution is -2.38. The largest absolute Gasteiger partial charge is 0.492 e. The highest BCUT2D eigenvalue weighted by Gasteiger charge is 2.22. The molecule has 1 saturated heterocycles. The Morgan fingerprint density at radius 1 is 1.33 bits per heavy atom. The summed E-state index contributed by atoms with van der Waals surface area (Å²) in [6.07, 6.45) is 5.16. The molecule has 3 rings (SSSR count). The molecule has 1 aromatic heterocycles. The van der Waals surface area contributed by atoms with Gasteiger partial charge in [-0.1, -0.05) is 23.7 Å². The molecule has 1 amide bonds. The van der Waals surface area contributed by atoms with Gasteiger partial charge in [-0.3, -0.25) is 4.79 Å². The summed E-state index contributed by atoms with van der Waals surface area (Å²) in [5, 5.41) is 0.623. The summed E-state index contributed by atoms with van der Waals surface area (Å²) in [5.41, 5.74) is 5.36. The van der Waals surface area contributed by atoms with Crippen molar-refractivity contribution in [2.24, 2.45) is 11.7 Å². The van der Waals surface area contributed by atoms with Gasteiger partial charge in [0.15, 0.2) is 0 Å². The lowest BCUT2D eigenvalue weighted by molar-refractivity contribution is 0.0995. The first-order valence-corrected chi connectivity index (χ1v) is 8.25. The summed E-state index contributed by atoms with van der Waals surface area (Å²) in [5.74, 6) is 1.27. The van der Waals surface area contributed by atoms with E-state index in [1.54, 1.807) is 6.20 Å². The number of aromatic nitrogens is 2. The Labute approximate surface area is 145 Å². The molecule has 0 bridgehead atoms. The van der Waals surface area contributed by atoms with Crippen LogP contribution >= 0.6 is 11.6 Å². The van der Waals surface area contributed by atoms with E-state index in [0.717, 1.165) is 31.7 Å². The van der Waals surface area contributed by atoms with E-state index in [2.05, 4.69) is 14.9 Å². The molecule has 24 heavy (non-hydrogen) atoms. The number of amides is 1. The third-order valence-corrected chi connectivity index (χ3v) is 4.36. The number of piperidine rings is 1. The molecule has 7 heteroatoms. The van der Waals surface area contributed by atoms with Crippen LogP contribution < -0.4 is 15.4 Å². The average Bonchev–Trinajstić information content (AvgIpc) is 2.61. The van der Waals surface area contributed by atoms with E-state index in [1.807, 2.05) is 24.3 Å². The Morgan fingerprint density at radius 2 is 2.17 bits per heavy atom. The smallest absolute Gasteiger partial charge is 0.268 e. The molecular weight excluding hydrogens is 328 g/mol. The number of hydrogen-bond acceptors (Lipinski definition) is 5. The van der Waals surface area contributed by atoms with Crippen LogP contribution in [0.15, 0.2) is 36.7 Å². The highest BCUT2D eigenvalue weighted by atomic mass is 35.5. The molecule has 2 aromatic rings. The lowest BCUT2D eigenvalue weighted by atomic mass is 9.99. The molecule has 0 spiro atoms. The Bertz CT molecular complexity index is 708. The van der Waals surface area contributed by atoms with Gasteiger partial charge in [0.05, 0.1) is 24.0 Å². The molecule has 0 aliphatic carbocycles. The maximum atomic E-state index is 11.1. The third kappa shape index (κ3) is 3.94. The van der Waals surface area contributed by atoms with Crippen LogP contribution in [0.5, 0.6) is 5.75 Å². The van der Waals surface area contributed by atoms with Crippen LogP contribution in [0, 0.1) is 5.92 Å². The second-order valence-corrected chi connectivity index (χ2v) is 6.23. The van der Waals surface area contributed by atoms with E-state index in [1.165, 1.54) is 6.20 Å². The minimum absolute atomic E-state index is 0.175. The van der Waals surface area contributed by atoms with Gasteiger partial charge in [0.25, 0.3) is 5.91 Å². The van der Waals surface area contributed by atoms with Crippen molar-refractivity contribution < 1.29 is 9.53 Å². The third-order valence-electron chi connectivity index (χ3n) is 4.04. The zero-order chi connectivity index (χ0) is 16.9. The molecule has 0 unspecified atom stereocenters. The first-order chi connectivity index (χ1) is 11.6. The van der Waals surface area contributed by atoms with Crippen LogP contribution in [0.1, 0.15) is 23.3 Å². The van der Waals surface area contributed by atoms with Crippen LogP contribution in [0.3, 0.4) is 0 Å². The second kappa shape index (κ2) is 7.49. The Morgan fingerprint density at radius 3 is 2.88 bits per heavy atom. The summed E-state index contributed by atoms with van der Waals surface area (Å²) >= 11 is 6.12. The number of halogens is 1. The monoisotopic (exact) mass is 346 g/mol. The van der Waals surface area contributed by atoms with Crippen molar-refractivity contribution in [2.45, 2.75) is 12.8 Å². The van der Waals surface area contributed by atoms with E-state index in [4.69, 9.17) is 22.1 Å². The molecule has 6 nitrogen and oxygen atoms in total. The number of para-hydroxylation sites is 1. The SMILES string of the molecule is NC(=O)c1cnc(N2CCC[C@@H](COc3ccccc3Cl)C2)cn1. The van der Waals surface area contributed by atoms with E-state index in [9.17, 15) is 4.79 Å². The zero-order valence-corrected chi connectivity index (χ0v) is 13.9. The van der Waals surface area contributed by atoms with Gasteiger partial charge in [0.1, 0.15) is 17.3 Å². The fraction of sp³-hybridized carbons (Fsp3) is 0.353. The number of rotatable bonds is 5. The predicted octanol–water partition coefficient (Wildman–Crippen LogP) is 2.52. The van der Waals surface area contributed by atoms with Gasteiger partial charge >= 0.3 is 0 Å². The van der Waals surface area contributed by atoms with Gasteiger partial charge in [-0.15, -0.1) is 0 Å². The minimum atomic E-state index is -0.571. The van der Waals surface area contributed by atoms with Crippen LogP contribution in [0.2, 0.25) is 5.02 Å². The van der Waals surface area contributed by atoms with Crippen molar-refractivity contribution in [3.8, 4) is 5.75 Å². The number of benzene rings is 1. The number of carbonyl (C=O) groups excluding carboxylic acids is 1. The molecule has 2 heterocycles. The van der Waals surface area contributed by atoms with E-state index < -0.39 is 5.91 Å². The van der Waals surface area contributed by atoms with Gasteiger partial charge in [-0.2, -0.15) is 0 Å². The number of nitrogens with two attached hydrogens (primary N) is 1. The van der Waals surface area contributed by atoms with Gasteiger partial charge in [0, 0.05) is 19.0 Å². The lowest BCUT2D eigenvalue weighted by Gasteiger charge is -2.33. The van der Waals surface area contributed by atoms with Crippen LogP contribution in [0.4, 0.5) is 5.82 Å². The summed E-state index contributed by atoms with van der Waals surface area (Å²) in [4.78, 5) is 21.6. The van der Waals surface area contributed by atoms with Crippen molar-refractivity contribution in [1.82, 2.24) is 9.97 Å². The first kappa shape index (κ1) is 16.5. The molecule has 0 saturated carbocycles. The van der Waals surface area contributed by atoms with Crippen molar-refractivity contribution >= 4 is 23.3 Å². The van der Waals surface area contributed by atoms with Crippen LogP contribution in [-0.2, 0) is 0 Å². The highest BCUT2D eigenvalue weighted by molar-refractivity contribution is 6.32. The molecule has 1 atom stereocenters. The molecule has 2 N–H and O–H groups in total. The second-order valence-electron chi connectivity index (χ2n) is 5.82. The van der Waals surface area contributed by atoms with Crippen molar-refractivity contribution in [3.05, 3.63) is 47.4 Å². The molecule has 1 fully saturated rings. The maximum absolute atomic E-state index is 11.1. The number of anilines is 1.